The largest absolute Gasteiger partial charge is 0.545 e. The maximum absolute atomic E-state index is 12.9. The van der Waals surface area contributed by atoms with E-state index in [0.29, 0.717) is 17.4 Å². The molecule has 0 aliphatic carbocycles. The van der Waals surface area contributed by atoms with Crippen LogP contribution in [-0.2, 0) is 33.3 Å². The fraction of sp³-hybridized carbons (Fsp3) is 0.637. The number of allylic oxidation sites excluding steroid dienone is 26. The van der Waals surface area contributed by atoms with Crippen LogP contribution in [0.2, 0.25) is 0 Å². The number of quaternary nitrogens is 1. The monoisotopic (exact) mass is 1230 g/mol. The third-order valence-electron chi connectivity index (χ3n) is 14.8. The molecule has 0 aliphatic heterocycles. The predicted molar refractivity (Wildman–Crippen MR) is 379 cm³/mol. The van der Waals surface area contributed by atoms with Gasteiger partial charge < -0.3 is 33.3 Å². The van der Waals surface area contributed by atoms with Crippen LogP contribution in [0.4, 0.5) is 0 Å². The van der Waals surface area contributed by atoms with Crippen molar-refractivity contribution in [3.05, 3.63) is 158 Å². The van der Waals surface area contributed by atoms with Gasteiger partial charge >= 0.3 is 11.9 Å². The molecule has 0 aromatic carbocycles. The van der Waals surface area contributed by atoms with Crippen molar-refractivity contribution in [3.8, 4) is 0 Å². The van der Waals surface area contributed by atoms with Gasteiger partial charge in [-0.3, -0.25) is 9.59 Å². The van der Waals surface area contributed by atoms with E-state index >= 15 is 0 Å². The molecule has 0 saturated carbocycles. The summed E-state index contributed by atoms with van der Waals surface area (Å²) in [5.74, 6) is -2.31. The minimum atomic E-state index is -1.63. The molecule has 0 fully saturated rings. The molecule has 0 radical (unpaired) electrons. The lowest BCUT2D eigenvalue weighted by molar-refractivity contribution is -0.870. The van der Waals surface area contributed by atoms with Crippen molar-refractivity contribution in [3.63, 3.8) is 0 Å². The van der Waals surface area contributed by atoms with Gasteiger partial charge in [-0.15, -0.1) is 0 Å². The molecule has 0 bridgehead atoms. The standard InChI is InChI=1S/C80H131NO8/c1-6-8-10-12-14-16-18-20-22-24-26-28-30-32-34-36-37-38-39-40-41-43-44-46-48-50-52-54-56-58-60-62-64-66-68-70-77(82)87-74-76(75-88-80(79(84)85)86-73-72-81(3,4)5)89-78(83)71-69-67-65-63-61-59-57-55-53-51-49-47-45-42-35-33-31-29-27-25-23-21-19-17-15-13-11-9-7-2/h8-11,14-17,20-23,26-29,32-35,37-38,45,47,51,53,76,80H,6-7,12-13,18-19,24-25,30-31,36,39-44,46,48-50,52,54-75H2,1-5H3/b10-8-,11-9-,16-14-,17-15-,22-20-,23-21-,28-26-,29-27-,34-32-,35-33-,38-37-,47-45-,53-51-. The highest BCUT2D eigenvalue weighted by atomic mass is 16.7. The summed E-state index contributed by atoms with van der Waals surface area (Å²) in [6.45, 7) is 4.50. The van der Waals surface area contributed by atoms with Gasteiger partial charge in [-0.1, -0.05) is 294 Å². The molecule has 0 rings (SSSR count). The zero-order valence-electron chi connectivity index (χ0n) is 57.5. The Morgan fingerprint density at radius 3 is 0.899 bits per heavy atom. The summed E-state index contributed by atoms with van der Waals surface area (Å²) in [5, 5.41) is 11.8. The van der Waals surface area contributed by atoms with Gasteiger partial charge in [-0.25, -0.2) is 0 Å². The van der Waals surface area contributed by atoms with E-state index in [1.54, 1.807) is 0 Å². The van der Waals surface area contributed by atoms with E-state index in [0.717, 1.165) is 128 Å². The number of carboxylic acid groups (broad SMARTS) is 1. The van der Waals surface area contributed by atoms with E-state index in [2.05, 4.69) is 172 Å². The first kappa shape index (κ1) is 83.9. The Morgan fingerprint density at radius 1 is 0.337 bits per heavy atom. The van der Waals surface area contributed by atoms with Gasteiger partial charge in [0.05, 0.1) is 40.3 Å². The maximum Gasteiger partial charge on any atom is 0.306 e. The number of rotatable bonds is 64. The zero-order chi connectivity index (χ0) is 64.7. The molecular weight excluding hydrogens is 1100 g/mol. The van der Waals surface area contributed by atoms with Gasteiger partial charge in [0.25, 0.3) is 0 Å². The van der Waals surface area contributed by atoms with Crippen LogP contribution in [0.15, 0.2) is 158 Å². The smallest absolute Gasteiger partial charge is 0.306 e. The number of carboxylic acids is 1. The third-order valence-corrected chi connectivity index (χ3v) is 14.8. The summed E-state index contributed by atoms with van der Waals surface area (Å²) in [6.07, 6.45) is 98.9. The molecule has 0 aromatic rings. The number of carbonyl (C=O) groups is 3. The van der Waals surface area contributed by atoms with Gasteiger partial charge in [0, 0.05) is 12.8 Å². The van der Waals surface area contributed by atoms with Crippen LogP contribution in [0.3, 0.4) is 0 Å². The van der Waals surface area contributed by atoms with Crippen LogP contribution in [0.5, 0.6) is 0 Å². The topological polar surface area (TPSA) is 111 Å². The lowest BCUT2D eigenvalue weighted by Gasteiger charge is -2.26. The average Bonchev–Trinajstić information content (AvgIpc) is 3.71. The minimum absolute atomic E-state index is 0.138. The van der Waals surface area contributed by atoms with Crippen LogP contribution in [0.1, 0.15) is 271 Å². The number of aliphatic carboxylic acids is 1. The molecule has 89 heavy (non-hydrogen) atoms. The van der Waals surface area contributed by atoms with Gasteiger partial charge in [0.2, 0.25) is 0 Å². The Labute approximate surface area is 546 Å². The van der Waals surface area contributed by atoms with Crippen molar-refractivity contribution in [1.82, 2.24) is 0 Å². The maximum atomic E-state index is 12.9. The highest BCUT2D eigenvalue weighted by Gasteiger charge is 2.22. The van der Waals surface area contributed by atoms with Crippen molar-refractivity contribution in [2.24, 2.45) is 0 Å². The van der Waals surface area contributed by atoms with Crippen molar-refractivity contribution >= 4 is 17.9 Å². The summed E-state index contributed by atoms with van der Waals surface area (Å²) >= 11 is 0. The number of nitrogens with zero attached hydrogens (tertiary/aromatic N) is 1. The molecule has 2 atom stereocenters. The first-order valence-corrected chi connectivity index (χ1v) is 35.6. The van der Waals surface area contributed by atoms with E-state index in [1.807, 2.05) is 21.1 Å². The Hall–Kier alpha value is -5.09. The molecule has 504 valence electrons. The second-order valence-corrected chi connectivity index (χ2v) is 24.4. The molecule has 0 saturated heterocycles. The average molecular weight is 1230 g/mol. The van der Waals surface area contributed by atoms with Gasteiger partial charge in [0.15, 0.2) is 12.4 Å². The molecule has 0 heterocycles. The summed E-state index contributed by atoms with van der Waals surface area (Å²) in [5.41, 5.74) is 0. The number of hydrogen-bond donors (Lipinski definition) is 0. The van der Waals surface area contributed by atoms with E-state index < -0.39 is 24.3 Å². The Balaban J connectivity index is 4.16. The normalized spacial score (nSPS) is 13.7. The second-order valence-electron chi connectivity index (χ2n) is 24.4. The molecule has 0 amide bonds. The van der Waals surface area contributed by atoms with Crippen LogP contribution >= 0.6 is 0 Å². The number of hydrogen-bond acceptors (Lipinski definition) is 8. The quantitative estimate of drug-likeness (QED) is 0.0195. The predicted octanol–water partition coefficient (Wildman–Crippen LogP) is 21.1. The SMILES string of the molecule is CC/C=C\C/C=C\C/C=C\C/C=C\C/C=C\C/C=C\C/C=C\CCCCCCCCCC(=O)OC(COC(=O)CCCCCCCCCCCCCCCCCC/C=C\C/C=C\C/C=C\C/C=C\C/C=C\C/C=C\CC)COC(OCC[N+](C)(C)C)C(=O)[O-]. The Morgan fingerprint density at radius 2 is 0.607 bits per heavy atom. The molecule has 9 heteroatoms. The molecule has 0 N–H and O–H groups in total. The highest BCUT2D eigenvalue weighted by molar-refractivity contribution is 5.70. The number of likely N-dealkylation sites (N-methyl/N-ethyl adjacent to an activating group) is 1. The molecule has 0 aliphatic rings. The van der Waals surface area contributed by atoms with E-state index in [4.69, 9.17) is 18.9 Å². The fourth-order valence-corrected chi connectivity index (χ4v) is 9.40. The van der Waals surface area contributed by atoms with Crippen molar-refractivity contribution in [2.45, 2.75) is 283 Å². The van der Waals surface area contributed by atoms with Crippen LogP contribution < -0.4 is 5.11 Å². The number of unbranched alkanes of at least 4 members (excludes halogenated alkanes) is 23. The van der Waals surface area contributed by atoms with Gasteiger partial charge in [0.1, 0.15) is 13.2 Å². The molecular formula is C80H131NO8. The van der Waals surface area contributed by atoms with E-state index in [9.17, 15) is 19.5 Å². The Kier molecular flexibility index (Phi) is 64.9. The van der Waals surface area contributed by atoms with E-state index in [1.165, 1.54) is 109 Å². The minimum Gasteiger partial charge on any atom is -0.545 e. The molecule has 2 unspecified atom stereocenters. The fourth-order valence-electron chi connectivity index (χ4n) is 9.40. The lowest BCUT2D eigenvalue weighted by atomic mass is 10.0. The van der Waals surface area contributed by atoms with Crippen molar-refractivity contribution < 1.29 is 42.9 Å². The first-order valence-electron chi connectivity index (χ1n) is 35.6. The van der Waals surface area contributed by atoms with Gasteiger partial charge in [-0.2, -0.15) is 0 Å². The summed E-state index contributed by atoms with van der Waals surface area (Å²) in [6, 6.07) is 0. The number of esters is 2. The third kappa shape index (κ3) is 70.2. The van der Waals surface area contributed by atoms with Crippen molar-refractivity contribution in [1.29, 1.82) is 0 Å². The second kappa shape index (κ2) is 68.8. The summed E-state index contributed by atoms with van der Waals surface area (Å²) in [4.78, 5) is 37.5. The van der Waals surface area contributed by atoms with Gasteiger partial charge in [-0.05, 0) is 122 Å². The van der Waals surface area contributed by atoms with Crippen LogP contribution in [0, 0.1) is 0 Å². The molecule has 0 spiro atoms. The molecule has 9 nitrogen and oxygen atoms in total. The van der Waals surface area contributed by atoms with Crippen molar-refractivity contribution in [2.75, 3.05) is 47.5 Å². The number of ether oxygens (including phenoxy) is 4. The van der Waals surface area contributed by atoms with Crippen LogP contribution in [0.25, 0.3) is 0 Å². The summed E-state index contributed by atoms with van der Waals surface area (Å²) in [7, 11) is 5.92. The summed E-state index contributed by atoms with van der Waals surface area (Å²) < 4.78 is 22.8. The van der Waals surface area contributed by atoms with Crippen LogP contribution in [-0.4, -0.2) is 82.3 Å². The zero-order valence-corrected chi connectivity index (χ0v) is 57.5. The number of carbonyl (C=O) groups excluding carboxylic acids is 3. The molecule has 0 aromatic heterocycles. The lowest BCUT2D eigenvalue weighted by Crippen LogP contribution is -2.44. The highest BCUT2D eigenvalue weighted by Crippen LogP contribution is 2.16. The Bertz CT molecular complexity index is 2020. The first-order chi connectivity index (χ1) is 43.6. The van der Waals surface area contributed by atoms with E-state index in [-0.39, 0.29) is 38.6 Å².